The first-order valence-corrected chi connectivity index (χ1v) is 6.81. The van der Waals surface area contributed by atoms with Crippen molar-refractivity contribution in [2.45, 2.75) is 45.4 Å². The summed E-state index contributed by atoms with van der Waals surface area (Å²) in [5.74, 6) is 1.06. The van der Waals surface area contributed by atoms with E-state index in [0.29, 0.717) is 6.42 Å². The molecular weight excluding hydrogens is 224 g/mol. The monoisotopic (exact) mass is 244 g/mol. The molecule has 0 fully saturated rings. The molecule has 0 radical (unpaired) electrons. The van der Waals surface area contributed by atoms with E-state index in [1.807, 2.05) is 0 Å². The van der Waals surface area contributed by atoms with Crippen molar-refractivity contribution in [3.05, 3.63) is 17.6 Å². The third kappa shape index (κ3) is 2.79. The van der Waals surface area contributed by atoms with Crippen LogP contribution >= 0.6 is 0 Å². The summed E-state index contributed by atoms with van der Waals surface area (Å²) in [6.45, 7) is 3.77. The second-order valence-corrected chi connectivity index (χ2v) is 4.67. The van der Waals surface area contributed by atoms with Gasteiger partial charge in [0.25, 0.3) is 0 Å². The van der Waals surface area contributed by atoms with Crippen LogP contribution in [0.4, 0.5) is 5.82 Å². The maximum absolute atomic E-state index is 8.73. The Balaban J connectivity index is 2.28. The van der Waals surface area contributed by atoms with Gasteiger partial charge in [-0.2, -0.15) is 5.26 Å². The molecule has 18 heavy (non-hydrogen) atoms. The van der Waals surface area contributed by atoms with E-state index in [0.717, 1.165) is 31.7 Å². The largest absolute Gasteiger partial charge is 0.356 e. The Hall–Kier alpha value is -1.63. The number of nitrogens with zero attached hydrogens (tertiary/aromatic N) is 4. The smallest absolute Gasteiger partial charge is 0.135 e. The molecule has 0 saturated heterocycles. The number of aromatic nitrogens is 2. The lowest BCUT2D eigenvalue weighted by Gasteiger charge is -2.24. The Kier molecular flexibility index (Phi) is 4.52. The Morgan fingerprint density at radius 2 is 2.11 bits per heavy atom. The average molecular weight is 244 g/mol. The average Bonchev–Trinajstić information content (AvgIpc) is 2.65. The third-order valence-electron chi connectivity index (χ3n) is 3.53. The first-order chi connectivity index (χ1) is 8.86. The van der Waals surface area contributed by atoms with Gasteiger partial charge in [0, 0.05) is 24.3 Å². The van der Waals surface area contributed by atoms with Crippen LogP contribution in [0.5, 0.6) is 0 Å². The second kappa shape index (κ2) is 6.34. The predicted octanol–water partition coefficient (Wildman–Crippen LogP) is 2.49. The van der Waals surface area contributed by atoms with Gasteiger partial charge in [0.05, 0.1) is 12.5 Å². The standard InChI is InChI=1S/C14H20N4/c1-2-18(10-6-9-15)14-12-7-4-3-5-8-13(12)16-11-17-14/h11H,2-8,10H2,1H3. The number of rotatable bonds is 4. The molecule has 0 N–H and O–H groups in total. The highest BCUT2D eigenvalue weighted by Gasteiger charge is 2.17. The SMILES string of the molecule is CCN(CCC#N)c1ncnc2c1CCCCC2. The highest BCUT2D eigenvalue weighted by Crippen LogP contribution is 2.26. The molecule has 0 amide bonds. The molecule has 0 atom stereocenters. The first kappa shape index (κ1) is 12.8. The summed E-state index contributed by atoms with van der Waals surface area (Å²) in [5.41, 5.74) is 2.53. The fourth-order valence-corrected chi connectivity index (χ4v) is 2.55. The summed E-state index contributed by atoms with van der Waals surface area (Å²) in [6.07, 6.45) is 8.10. The molecule has 1 aliphatic rings. The van der Waals surface area contributed by atoms with Gasteiger partial charge in [-0.1, -0.05) is 6.42 Å². The van der Waals surface area contributed by atoms with Crippen LogP contribution < -0.4 is 4.90 Å². The van der Waals surface area contributed by atoms with Crippen LogP contribution in [0, 0.1) is 11.3 Å². The molecule has 4 heteroatoms. The van der Waals surface area contributed by atoms with Gasteiger partial charge in [0.15, 0.2) is 0 Å². The number of hydrogen-bond acceptors (Lipinski definition) is 4. The quantitative estimate of drug-likeness (QED) is 0.764. The Morgan fingerprint density at radius 1 is 1.28 bits per heavy atom. The number of hydrogen-bond donors (Lipinski definition) is 0. The van der Waals surface area contributed by atoms with Gasteiger partial charge in [-0.25, -0.2) is 9.97 Å². The zero-order chi connectivity index (χ0) is 12.8. The van der Waals surface area contributed by atoms with E-state index in [9.17, 15) is 0 Å². The molecule has 1 aliphatic carbocycles. The number of nitriles is 1. The van der Waals surface area contributed by atoms with Gasteiger partial charge < -0.3 is 4.90 Å². The van der Waals surface area contributed by atoms with Crippen molar-refractivity contribution in [2.75, 3.05) is 18.0 Å². The lowest BCUT2D eigenvalue weighted by Crippen LogP contribution is -2.26. The van der Waals surface area contributed by atoms with E-state index < -0.39 is 0 Å². The number of aryl methyl sites for hydroxylation is 1. The second-order valence-electron chi connectivity index (χ2n) is 4.67. The van der Waals surface area contributed by atoms with Crippen LogP contribution in [-0.2, 0) is 12.8 Å². The van der Waals surface area contributed by atoms with Crippen LogP contribution in [-0.4, -0.2) is 23.1 Å². The molecule has 0 bridgehead atoms. The van der Waals surface area contributed by atoms with Crippen LogP contribution in [0.25, 0.3) is 0 Å². The molecule has 0 saturated carbocycles. The minimum atomic E-state index is 0.548. The third-order valence-corrected chi connectivity index (χ3v) is 3.53. The van der Waals surface area contributed by atoms with Crippen molar-refractivity contribution in [2.24, 2.45) is 0 Å². The van der Waals surface area contributed by atoms with Crippen molar-refractivity contribution in [3.63, 3.8) is 0 Å². The Morgan fingerprint density at radius 3 is 2.89 bits per heavy atom. The van der Waals surface area contributed by atoms with Crippen molar-refractivity contribution in [3.8, 4) is 6.07 Å². The molecule has 96 valence electrons. The lowest BCUT2D eigenvalue weighted by molar-refractivity contribution is 0.708. The van der Waals surface area contributed by atoms with E-state index in [4.69, 9.17) is 5.26 Å². The topological polar surface area (TPSA) is 52.8 Å². The predicted molar refractivity (Wildman–Crippen MR) is 71.4 cm³/mol. The van der Waals surface area contributed by atoms with Crippen molar-refractivity contribution in [1.82, 2.24) is 9.97 Å². The Bertz CT molecular complexity index is 436. The van der Waals surface area contributed by atoms with Crippen LogP contribution in [0.15, 0.2) is 6.33 Å². The maximum Gasteiger partial charge on any atom is 0.135 e. The summed E-state index contributed by atoms with van der Waals surface area (Å²) >= 11 is 0. The molecular formula is C14H20N4. The molecule has 2 rings (SSSR count). The van der Waals surface area contributed by atoms with E-state index in [2.05, 4.69) is 27.9 Å². The van der Waals surface area contributed by atoms with Gasteiger partial charge in [0.1, 0.15) is 12.1 Å². The highest BCUT2D eigenvalue weighted by molar-refractivity contribution is 5.49. The van der Waals surface area contributed by atoms with Gasteiger partial charge in [-0.3, -0.25) is 0 Å². The van der Waals surface area contributed by atoms with Crippen molar-refractivity contribution < 1.29 is 0 Å². The summed E-state index contributed by atoms with van der Waals surface area (Å²) < 4.78 is 0. The van der Waals surface area contributed by atoms with Gasteiger partial charge >= 0.3 is 0 Å². The van der Waals surface area contributed by atoms with E-state index in [1.165, 1.54) is 30.5 Å². The minimum Gasteiger partial charge on any atom is -0.356 e. The first-order valence-electron chi connectivity index (χ1n) is 6.81. The van der Waals surface area contributed by atoms with E-state index >= 15 is 0 Å². The van der Waals surface area contributed by atoms with Crippen LogP contribution in [0.2, 0.25) is 0 Å². The summed E-state index contributed by atoms with van der Waals surface area (Å²) in [6, 6.07) is 2.21. The molecule has 0 aliphatic heterocycles. The highest BCUT2D eigenvalue weighted by atomic mass is 15.2. The number of anilines is 1. The van der Waals surface area contributed by atoms with E-state index in [1.54, 1.807) is 6.33 Å². The Labute approximate surface area is 109 Å². The maximum atomic E-state index is 8.73. The van der Waals surface area contributed by atoms with Crippen LogP contribution in [0.3, 0.4) is 0 Å². The summed E-state index contributed by atoms with van der Waals surface area (Å²) in [7, 11) is 0. The van der Waals surface area contributed by atoms with Gasteiger partial charge in [-0.15, -0.1) is 0 Å². The molecule has 0 spiro atoms. The number of fused-ring (bicyclic) bond motifs is 1. The minimum absolute atomic E-state index is 0.548. The fourth-order valence-electron chi connectivity index (χ4n) is 2.55. The van der Waals surface area contributed by atoms with Crippen molar-refractivity contribution in [1.29, 1.82) is 5.26 Å². The lowest BCUT2D eigenvalue weighted by atomic mass is 10.1. The van der Waals surface area contributed by atoms with Gasteiger partial charge in [0.2, 0.25) is 0 Å². The van der Waals surface area contributed by atoms with E-state index in [-0.39, 0.29) is 0 Å². The molecule has 1 heterocycles. The van der Waals surface area contributed by atoms with Crippen LogP contribution in [0.1, 0.15) is 43.9 Å². The van der Waals surface area contributed by atoms with Crippen molar-refractivity contribution >= 4 is 5.82 Å². The zero-order valence-corrected chi connectivity index (χ0v) is 11.0. The molecule has 4 nitrogen and oxygen atoms in total. The fraction of sp³-hybridized carbons (Fsp3) is 0.643. The normalized spacial score (nSPS) is 14.4. The molecule has 1 aromatic rings. The summed E-state index contributed by atoms with van der Waals surface area (Å²) in [5, 5.41) is 8.73. The van der Waals surface area contributed by atoms with Gasteiger partial charge in [-0.05, 0) is 32.6 Å². The summed E-state index contributed by atoms with van der Waals surface area (Å²) in [4.78, 5) is 11.1. The molecule has 1 aromatic heterocycles. The molecule has 0 unspecified atom stereocenters. The zero-order valence-electron chi connectivity index (χ0n) is 11.0. The molecule has 0 aromatic carbocycles.